The van der Waals surface area contributed by atoms with E-state index in [1.807, 2.05) is 43.5 Å². The lowest BCUT2D eigenvalue weighted by atomic mass is 10.1. The minimum Gasteiger partial charge on any atom is -0.328 e. The second-order valence-corrected chi connectivity index (χ2v) is 8.18. The summed E-state index contributed by atoms with van der Waals surface area (Å²) < 4.78 is 30.2. The van der Waals surface area contributed by atoms with E-state index < -0.39 is 10.0 Å². The van der Waals surface area contributed by atoms with E-state index in [9.17, 15) is 8.42 Å². The molecule has 0 spiro atoms. The van der Waals surface area contributed by atoms with E-state index in [0.717, 1.165) is 48.5 Å². The summed E-state index contributed by atoms with van der Waals surface area (Å²) >= 11 is 0. The van der Waals surface area contributed by atoms with Gasteiger partial charge in [-0.2, -0.15) is 0 Å². The summed E-state index contributed by atoms with van der Waals surface area (Å²) in [6.07, 6.45) is 4.85. The highest BCUT2D eigenvalue weighted by Gasteiger charge is 2.18. The number of sulfonamides is 1. The van der Waals surface area contributed by atoms with Crippen molar-refractivity contribution in [3.63, 3.8) is 0 Å². The van der Waals surface area contributed by atoms with Crippen LogP contribution in [0.25, 0.3) is 11.3 Å². The molecule has 1 aliphatic rings. The van der Waals surface area contributed by atoms with Crippen LogP contribution in [0.2, 0.25) is 0 Å². The van der Waals surface area contributed by atoms with Gasteiger partial charge in [-0.1, -0.05) is 31.2 Å². The van der Waals surface area contributed by atoms with Crippen molar-refractivity contribution >= 4 is 15.7 Å². The largest absolute Gasteiger partial charge is 0.328 e. The number of anilines is 1. The number of nitrogens with one attached hydrogen (secondary N) is 1. The second kappa shape index (κ2) is 6.61. The maximum absolute atomic E-state index is 12.7. The summed E-state index contributed by atoms with van der Waals surface area (Å²) in [5, 5.41) is 0. The van der Waals surface area contributed by atoms with Crippen molar-refractivity contribution in [3.05, 3.63) is 66.1 Å². The molecule has 6 heteroatoms. The van der Waals surface area contributed by atoms with Gasteiger partial charge < -0.3 is 4.57 Å². The maximum atomic E-state index is 12.7. The lowest BCUT2D eigenvalue weighted by Crippen LogP contribution is -2.13. The Morgan fingerprint density at radius 2 is 1.96 bits per heavy atom. The molecular weight excluding hydrogens is 346 g/mol. The molecule has 0 aliphatic carbocycles. The maximum Gasteiger partial charge on any atom is 0.261 e. The van der Waals surface area contributed by atoms with Crippen LogP contribution in [0.15, 0.2) is 59.6 Å². The summed E-state index contributed by atoms with van der Waals surface area (Å²) in [6, 6.07) is 14.5. The Hall–Kier alpha value is -2.60. The van der Waals surface area contributed by atoms with E-state index >= 15 is 0 Å². The minimum absolute atomic E-state index is 0.269. The van der Waals surface area contributed by atoms with Crippen LogP contribution in [-0.4, -0.2) is 18.0 Å². The number of benzene rings is 2. The Bertz CT molecular complexity index is 1040. The van der Waals surface area contributed by atoms with E-state index in [4.69, 9.17) is 0 Å². The predicted octanol–water partition coefficient (Wildman–Crippen LogP) is 3.86. The van der Waals surface area contributed by atoms with Crippen molar-refractivity contribution in [2.24, 2.45) is 0 Å². The first-order valence-electron chi connectivity index (χ1n) is 8.83. The van der Waals surface area contributed by atoms with Gasteiger partial charge >= 0.3 is 0 Å². The van der Waals surface area contributed by atoms with E-state index in [0.29, 0.717) is 5.69 Å². The van der Waals surface area contributed by atoms with Crippen LogP contribution in [0.3, 0.4) is 0 Å². The first-order valence-corrected chi connectivity index (χ1v) is 10.3. The van der Waals surface area contributed by atoms with Gasteiger partial charge in [0.1, 0.15) is 5.82 Å². The van der Waals surface area contributed by atoms with Crippen LogP contribution >= 0.6 is 0 Å². The zero-order valence-corrected chi connectivity index (χ0v) is 15.5. The minimum atomic E-state index is -3.61. The SMILES string of the molecule is CCc1ccc(S(=O)(=O)Nc2cccc(-c3cnc4n3CCC4)c2)cc1. The van der Waals surface area contributed by atoms with Gasteiger partial charge in [-0.25, -0.2) is 13.4 Å². The van der Waals surface area contributed by atoms with E-state index in [1.54, 1.807) is 18.2 Å². The molecule has 0 radical (unpaired) electrons. The Labute approximate surface area is 153 Å². The highest BCUT2D eigenvalue weighted by molar-refractivity contribution is 7.92. The predicted molar refractivity (Wildman–Crippen MR) is 103 cm³/mol. The average Bonchev–Trinajstić information content (AvgIpc) is 3.25. The molecule has 0 fully saturated rings. The highest BCUT2D eigenvalue weighted by Crippen LogP contribution is 2.28. The molecule has 0 atom stereocenters. The molecule has 0 unspecified atom stereocenters. The van der Waals surface area contributed by atoms with Crippen molar-refractivity contribution in [2.45, 2.75) is 37.6 Å². The van der Waals surface area contributed by atoms with Crippen LogP contribution in [0, 0.1) is 0 Å². The number of nitrogens with zero attached hydrogens (tertiary/aromatic N) is 2. The number of fused-ring (bicyclic) bond motifs is 1. The zero-order valence-electron chi connectivity index (χ0n) is 14.6. The molecule has 4 rings (SSSR count). The molecule has 0 amide bonds. The van der Waals surface area contributed by atoms with Crippen molar-refractivity contribution in [2.75, 3.05) is 4.72 Å². The average molecular weight is 367 g/mol. The Morgan fingerprint density at radius 3 is 2.73 bits per heavy atom. The number of hydrogen-bond donors (Lipinski definition) is 1. The van der Waals surface area contributed by atoms with Gasteiger partial charge in [0, 0.05) is 24.2 Å². The molecule has 1 aromatic heterocycles. The fourth-order valence-electron chi connectivity index (χ4n) is 3.35. The normalized spacial score (nSPS) is 13.6. The molecule has 2 aromatic carbocycles. The van der Waals surface area contributed by atoms with Crippen molar-refractivity contribution in [1.29, 1.82) is 0 Å². The second-order valence-electron chi connectivity index (χ2n) is 6.50. The van der Waals surface area contributed by atoms with Crippen LogP contribution in [0.1, 0.15) is 24.7 Å². The van der Waals surface area contributed by atoms with E-state index in [1.165, 1.54) is 0 Å². The van der Waals surface area contributed by atoms with Gasteiger partial charge in [0.05, 0.1) is 16.8 Å². The quantitative estimate of drug-likeness (QED) is 0.745. The molecule has 26 heavy (non-hydrogen) atoms. The van der Waals surface area contributed by atoms with E-state index in [2.05, 4.69) is 14.3 Å². The van der Waals surface area contributed by atoms with Gasteiger partial charge in [0.2, 0.25) is 0 Å². The standard InChI is InChI=1S/C20H21N3O2S/c1-2-15-8-10-18(11-9-15)26(24,25)22-17-6-3-5-16(13-17)19-14-21-20-7-4-12-23(19)20/h3,5-6,8-11,13-14,22H,2,4,7,12H2,1H3. The third-order valence-electron chi connectivity index (χ3n) is 4.77. The molecule has 0 saturated carbocycles. The molecule has 2 heterocycles. The molecule has 1 N–H and O–H groups in total. The van der Waals surface area contributed by atoms with Gasteiger partial charge in [-0.05, 0) is 42.7 Å². The van der Waals surface area contributed by atoms with Crippen molar-refractivity contribution < 1.29 is 8.42 Å². The molecule has 0 saturated heterocycles. The fraction of sp³-hybridized carbons (Fsp3) is 0.250. The number of aryl methyl sites for hydroxylation is 2. The van der Waals surface area contributed by atoms with Crippen molar-refractivity contribution in [3.8, 4) is 11.3 Å². The summed E-state index contributed by atoms with van der Waals surface area (Å²) in [7, 11) is -3.61. The molecular formula is C20H21N3O2S. The lowest BCUT2D eigenvalue weighted by Gasteiger charge is -2.11. The summed E-state index contributed by atoms with van der Waals surface area (Å²) in [6.45, 7) is 3.00. The third kappa shape index (κ3) is 3.12. The lowest BCUT2D eigenvalue weighted by molar-refractivity contribution is 0.601. The molecule has 134 valence electrons. The zero-order chi connectivity index (χ0) is 18.1. The topological polar surface area (TPSA) is 64.0 Å². The number of imidazole rings is 1. The highest BCUT2D eigenvalue weighted by atomic mass is 32.2. The van der Waals surface area contributed by atoms with Crippen molar-refractivity contribution in [1.82, 2.24) is 9.55 Å². The Balaban J connectivity index is 1.62. The van der Waals surface area contributed by atoms with E-state index in [-0.39, 0.29) is 4.90 Å². The first kappa shape index (κ1) is 16.8. The monoisotopic (exact) mass is 367 g/mol. The van der Waals surface area contributed by atoms with Gasteiger partial charge in [0.25, 0.3) is 10.0 Å². The van der Waals surface area contributed by atoms with Crippen LogP contribution in [-0.2, 0) is 29.4 Å². The molecule has 3 aromatic rings. The third-order valence-corrected chi connectivity index (χ3v) is 6.17. The van der Waals surface area contributed by atoms with Crippen LogP contribution in [0.4, 0.5) is 5.69 Å². The summed E-state index contributed by atoms with van der Waals surface area (Å²) in [4.78, 5) is 4.73. The first-order chi connectivity index (χ1) is 12.6. The van der Waals surface area contributed by atoms with Gasteiger partial charge in [0.15, 0.2) is 0 Å². The summed E-state index contributed by atoms with van der Waals surface area (Å²) in [5.74, 6) is 1.10. The molecule has 5 nitrogen and oxygen atoms in total. The number of aromatic nitrogens is 2. The van der Waals surface area contributed by atoms with Crippen LogP contribution < -0.4 is 4.72 Å². The van der Waals surface area contributed by atoms with Crippen LogP contribution in [0.5, 0.6) is 0 Å². The van der Waals surface area contributed by atoms with Gasteiger partial charge in [-0.3, -0.25) is 4.72 Å². The van der Waals surface area contributed by atoms with Gasteiger partial charge in [-0.15, -0.1) is 0 Å². The molecule has 1 aliphatic heterocycles. The summed E-state index contributed by atoms with van der Waals surface area (Å²) in [5.41, 5.74) is 3.66. The number of rotatable bonds is 5. The smallest absolute Gasteiger partial charge is 0.261 e. The molecule has 0 bridgehead atoms. The Kier molecular flexibility index (Phi) is 4.28. The fourth-order valence-corrected chi connectivity index (χ4v) is 4.40. The Morgan fingerprint density at radius 1 is 1.15 bits per heavy atom. The number of hydrogen-bond acceptors (Lipinski definition) is 3.